The number of halogens is 1. The zero-order valence-corrected chi connectivity index (χ0v) is 31.4. The van der Waals surface area contributed by atoms with E-state index in [0.717, 1.165) is 99.9 Å². The fourth-order valence-electron chi connectivity index (χ4n) is 8.52. The minimum absolute atomic E-state index is 0.255. The fourth-order valence-corrected chi connectivity index (χ4v) is 8.52. The van der Waals surface area contributed by atoms with Crippen LogP contribution >= 0.6 is 0 Å². The fraction of sp³-hybridized carbons (Fsp3) is 0. The third-order valence-corrected chi connectivity index (χ3v) is 11.3. The summed E-state index contributed by atoms with van der Waals surface area (Å²) in [6.45, 7) is 0. The molecule has 274 valence electrons. The largest absolute Gasteiger partial charge is 0.456 e. The van der Waals surface area contributed by atoms with Crippen LogP contribution in [0.2, 0.25) is 0 Å². The first kappa shape index (κ1) is 33.6. The van der Waals surface area contributed by atoms with Crippen molar-refractivity contribution in [3.8, 4) is 39.1 Å². The number of hydrogen-bond acceptors (Lipinski definition) is 2. The molecule has 2 aromatic heterocycles. The Balaban J connectivity index is 1.00. The number of fused-ring (bicyclic) bond motifs is 6. The first-order valence-corrected chi connectivity index (χ1v) is 19.5. The van der Waals surface area contributed by atoms with Crippen molar-refractivity contribution in [2.24, 2.45) is 0 Å². The average Bonchev–Trinajstić information content (AvgIpc) is 3.82. The number of aromatic nitrogens is 1. The Kier molecular flexibility index (Phi) is 8.00. The lowest BCUT2D eigenvalue weighted by molar-refractivity contribution is 0.629. The van der Waals surface area contributed by atoms with E-state index in [1.807, 2.05) is 48.5 Å². The van der Waals surface area contributed by atoms with Gasteiger partial charge >= 0.3 is 0 Å². The molecule has 0 fully saturated rings. The van der Waals surface area contributed by atoms with Crippen molar-refractivity contribution in [2.75, 3.05) is 4.90 Å². The van der Waals surface area contributed by atoms with Gasteiger partial charge in [-0.1, -0.05) is 127 Å². The molecule has 0 unspecified atom stereocenters. The predicted molar refractivity (Wildman–Crippen MR) is 239 cm³/mol. The van der Waals surface area contributed by atoms with Crippen molar-refractivity contribution < 1.29 is 8.81 Å². The summed E-state index contributed by atoms with van der Waals surface area (Å²) in [6, 6.07) is 73.1. The first-order chi connectivity index (χ1) is 28.7. The number of hydrogen-bond donors (Lipinski definition) is 0. The van der Waals surface area contributed by atoms with E-state index in [1.54, 1.807) is 12.1 Å². The molecule has 0 atom stereocenters. The Hall–Kier alpha value is -7.69. The molecule has 0 aliphatic carbocycles. The van der Waals surface area contributed by atoms with Crippen molar-refractivity contribution in [3.05, 3.63) is 218 Å². The van der Waals surface area contributed by atoms with E-state index in [9.17, 15) is 4.39 Å². The summed E-state index contributed by atoms with van der Waals surface area (Å²) in [4.78, 5) is 2.31. The summed E-state index contributed by atoms with van der Waals surface area (Å²) >= 11 is 0. The minimum Gasteiger partial charge on any atom is -0.456 e. The number of benzene rings is 9. The average molecular weight is 747 g/mol. The third-order valence-electron chi connectivity index (χ3n) is 11.3. The van der Waals surface area contributed by atoms with Gasteiger partial charge in [0.05, 0.1) is 16.7 Å². The molecule has 0 aliphatic rings. The highest BCUT2D eigenvalue weighted by Crippen LogP contribution is 2.41. The van der Waals surface area contributed by atoms with Crippen LogP contribution in [-0.4, -0.2) is 4.57 Å². The van der Waals surface area contributed by atoms with Crippen molar-refractivity contribution in [3.63, 3.8) is 0 Å². The lowest BCUT2D eigenvalue weighted by Crippen LogP contribution is -2.10. The third kappa shape index (κ3) is 5.74. The molecule has 0 aliphatic heterocycles. The number of anilines is 3. The second kappa shape index (κ2) is 13.8. The smallest absolute Gasteiger partial charge is 0.136 e. The van der Waals surface area contributed by atoms with E-state index in [0.29, 0.717) is 0 Å². The first-order valence-electron chi connectivity index (χ1n) is 19.5. The number of para-hydroxylation sites is 3. The topological polar surface area (TPSA) is 21.3 Å². The van der Waals surface area contributed by atoms with E-state index in [2.05, 4.69) is 161 Å². The molecule has 58 heavy (non-hydrogen) atoms. The number of furan rings is 1. The van der Waals surface area contributed by atoms with Gasteiger partial charge in [0, 0.05) is 44.2 Å². The maximum atomic E-state index is 14.8. The minimum atomic E-state index is -0.255. The second-order valence-corrected chi connectivity index (χ2v) is 14.7. The quantitative estimate of drug-likeness (QED) is 0.162. The summed E-state index contributed by atoms with van der Waals surface area (Å²) < 4.78 is 23.2. The van der Waals surface area contributed by atoms with E-state index >= 15 is 0 Å². The van der Waals surface area contributed by atoms with Crippen LogP contribution in [0.4, 0.5) is 21.5 Å². The standard InChI is InChI=1S/C54H35FN2O/c55-41-26-32-47-46-16-5-8-19-51(46)57(52(47)35-41)50-18-7-4-15-45(50)38-23-29-43(30-24-38)56(44-14-10-13-39(33-44)36-11-2-1-3-12-36)42-27-21-37(22-28-42)40-25-31-49-48-17-6-9-20-53(48)58-54(49)34-40/h1-35H. The number of rotatable bonds is 7. The van der Waals surface area contributed by atoms with Crippen molar-refractivity contribution in [1.82, 2.24) is 4.57 Å². The highest BCUT2D eigenvalue weighted by Gasteiger charge is 2.18. The molecule has 0 spiro atoms. The molecule has 0 N–H and O–H groups in total. The van der Waals surface area contributed by atoms with Crippen LogP contribution in [-0.2, 0) is 0 Å². The second-order valence-electron chi connectivity index (χ2n) is 14.7. The highest BCUT2D eigenvalue weighted by molar-refractivity contribution is 6.10. The van der Waals surface area contributed by atoms with Crippen LogP contribution in [0.15, 0.2) is 217 Å². The predicted octanol–water partition coefficient (Wildman–Crippen LogP) is 15.3. The summed E-state index contributed by atoms with van der Waals surface area (Å²) in [5.41, 5.74) is 14.4. The lowest BCUT2D eigenvalue weighted by atomic mass is 10.0. The maximum absolute atomic E-state index is 14.8. The van der Waals surface area contributed by atoms with E-state index in [-0.39, 0.29) is 5.82 Å². The molecule has 0 bridgehead atoms. The lowest BCUT2D eigenvalue weighted by Gasteiger charge is -2.26. The molecule has 0 saturated heterocycles. The van der Waals surface area contributed by atoms with Crippen molar-refractivity contribution in [1.29, 1.82) is 0 Å². The molecule has 9 aromatic carbocycles. The summed E-state index contributed by atoms with van der Waals surface area (Å²) in [7, 11) is 0. The van der Waals surface area contributed by atoms with Gasteiger partial charge in [0.2, 0.25) is 0 Å². The van der Waals surface area contributed by atoms with Gasteiger partial charge in [-0.05, 0) is 113 Å². The van der Waals surface area contributed by atoms with Gasteiger partial charge in [0.15, 0.2) is 0 Å². The molecular formula is C54H35FN2O. The Morgan fingerprint density at radius 1 is 0.362 bits per heavy atom. The Morgan fingerprint density at radius 2 is 0.948 bits per heavy atom. The molecule has 11 aromatic rings. The van der Waals surface area contributed by atoms with Crippen LogP contribution in [0.5, 0.6) is 0 Å². The van der Waals surface area contributed by atoms with Crippen LogP contribution in [0.3, 0.4) is 0 Å². The van der Waals surface area contributed by atoms with E-state index < -0.39 is 0 Å². The number of nitrogens with zero attached hydrogens (tertiary/aromatic N) is 2. The molecular weight excluding hydrogens is 712 g/mol. The van der Waals surface area contributed by atoms with Crippen LogP contribution in [0.1, 0.15) is 0 Å². The van der Waals surface area contributed by atoms with E-state index in [1.165, 1.54) is 0 Å². The van der Waals surface area contributed by atoms with Gasteiger partial charge in [-0.2, -0.15) is 0 Å². The maximum Gasteiger partial charge on any atom is 0.136 e. The van der Waals surface area contributed by atoms with Gasteiger partial charge in [-0.3, -0.25) is 0 Å². The zero-order chi connectivity index (χ0) is 38.6. The molecule has 0 saturated carbocycles. The summed E-state index contributed by atoms with van der Waals surface area (Å²) in [6.07, 6.45) is 0. The van der Waals surface area contributed by atoms with Crippen LogP contribution in [0, 0.1) is 5.82 Å². The van der Waals surface area contributed by atoms with Gasteiger partial charge in [-0.15, -0.1) is 0 Å². The summed E-state index contributed by atoms with van der Waals surface area (Å²) in [5.74, 6) is -0.255. The van der Waals surface area contributed by atoms with Gasteiger partial charge in [0.25, 0.3) is 0 Å². The molecule has 2 heterocycles. The highest BCUT2D eigenvalue weighted by atomic mass is 19.1. The zero-order valence-electron chi connectivity index (χ0n) is 31.4. The van der Waals surface area contributed by atoms with Crippen LogP contribution in [0.25, 0.3) is 82.8 Å². The Bertz CT molecular complexity index is 3290. The molecule has 4 heteroatoms. The van der Waals surface area contributed by atoms with Gasteiger partial charge in [-0.25, -0.2) is 4.39 Å². The Labute approximate surface area is 335 Å². The molecule has 11 rings (SSSR count). The molecule has 0 radical (unpaired) electrons. The van der Waals surface area contributed by atoms with Crippen molar-refractivity contribution in [2.45, 2.75) is 0 Å². The SMILES string of the molecule is Fc1ccc2c3ccccc3n(-c3ccccc3-c3ccc(N(c4ccc(-c5ccc6c(c5)oc5ccccc56)cc4)c4cccc(-c5ccccc5)c4)cc3)c2c1. The molecule has 3 nitrogen and oxygen atoms in total. The van der Waals surface area contributed by atoms with Gasteiger partial charge in [0.1, 0.15) is 17.0 Å². The van der Waals surface area contributed by atoms with Crippen molar-refractivity contribution >= 4 is 60.8 Å². The monoisotopic (exact) mass is 746 g/mol. The molecule has 0 amide bonds. The summed E-state index contributed by atoms with van der Waals surface area (Å²) in [5, 5.41) is 4.37. The Morgan fingerprint density at radius 3 is 1.78 bits per heavy atom. The van der Waals surface area contributed by atoms with E-state index in [4.69, 9.17) is 4.42 Å². The van der Waals surface area contributed by atoms with Gasteiger partial charge < -0.3 is 13.9 Å². The normalized spacial score (nSPS) is 11.5. The van der Waals surface area contributed by atoms with Crippen LogP contribution < -0.4 is 4.90 Å².